The molecule has 0 aromatic carbocycles. The minimum atomic E-state index is -0.450. The predicted molar refractivity (Wildman–Crippen MR) is 128 cm³/mol. The monoisotopic (exact) mass is 453 g/mol. The number of rotatable bonds is 6. The van der Waals surface area contributed by atoms with E-state index < -0.39 is 6.23 Å². The van der Waals surface area contributed by atoms with Gasteiger partial charge in [0.1, 0.15) is 12.1 Å². The fraction of sp³-hybridized carbons (Fsp3) is 0.731. The Bertz CT molecular complexity index is 956. The summed E-state index contributed by atoms with van der Waals surface area (Å²) in [6.07, 6.45) is 13.4. The molecule has 2 heterocycles. The van der Waals surface area contributed by atoms with Crippen molar-refractivity contribution in [3.8, 4) is 0 Å². The van der Waals surface area contributed by atoms with Gasteiger partial charge in [0, 0.05) is 50.3 Å². The van der Waals surface area contributed by atoms with Gasteiger partial charge in [0.15, 0.2) is 0 Å². The number of hydroxylamine groups is 1. The average molecular weight is 454 g/mol. The molecule has 7 heteroatoms. The number of allylic oxidation sites excluding steroid dienone is 2. The van der Waals surface area contributed by atoms with Crippen molar-refractivity contribution >= 4 is 5.84 Å². The lowest BCUT2D eigenvalue weighted by Gasteiger charge is -2.43. The first kappa shape index (κ1) is 22.0. The van der Waals surface area contributed by atoms with Crippen LogP contribution in [0.25, 0.3) is 0 Å². The summed E-state index contributed by atoms with van der Waals surface area (Å²) < 4.78 is 0. The Morgan fingerprint density at radius 1 is 1.21 bits per heavy atom. The lowest BCUT2D eigenvalue weighted by molar-refractivity contribution is -0.129. The second-order valence-corrected chi connectivity index (χ2v) is 12.1. The topological polar surface area (TPSA) is 74.6 Å². The van der Waals surface area contributed by atoms with E-state index in [0.29, 0.717) is 5.92 Å². The first-order valence-electron chi connectivity index (χ1n) is 12.7. The number of amidine groups is 1. The molecule has 5 atom stereocenters. The molecule has 5 unspecified atom stereocenters. The second-order valence-electron chi connectivity index (χ2n) is 12.1. The van der Waals surface area contributed by atoms with Gasteiger partial charge in [0.25, 0.3) is 0 Å². The van der Waals surface area contributed by atoms with Crippen molar-refractivity contribution in [2.24, 2.45) is 33.6 Å². The Balaban J connectivity index is 1.08. The highest BCUT2D eigenvalue weighted by Crippen LogP contribution is 2.64. The van der Waals surface area contributed by atoms with E-state index in [1.807, 2.05) is 0 Å². The minimum absolute atomic E-state index is 0.162. The van der Waals surface area contributed by atoms with Crippen molar-refractivity contribution in [3.05, 3.63) is 35.6 Å². The molecule has 6 rings (SSSR count). The van der Waals surface area contributed by atoms with E-state index >= 15 is 0 Å². The molecular weight excluding hydrogens is 414 g/mol. The summed E-state index contributed by atoms with van der Waals surface area (Å²) in [5.74, 6) is 3.20. The van der Waals surface area contributed by atoms with Gasteiger partial charge in [-0.1, -0.05) is 25.2 Å². The van der Waals surface area contributed by atoms with Crippen LogP contribution in [0, 0.1) is 28.6 Å². The van der Waals surface area contributed by atoms with Crippen molar-refractivity contribution in [1.29, 1.82) is 0 Å². The Labute approximate surface area is 197 Å². The molecule has 1 saturated heterocycles. The summed E-state index contributed by atoms with van der Waals surface area (Å²) >= 11 is 0. The van der Waals surface area contributed by atoms with E-state index in [0.717, 1.165) is 55.2 Å². The number of aliphatic hydroxyl groups excluding tert-OH is 1. The molecule has 0 aromatic rings. The molecule has 6 aliphatic rings. The van der Waals surface area contributed by atoms with E-state index in [9.17, 15) is 10.3 Å². The maximum absolute atomic E-state index is 11.4. The molecule has 4 fully saturated rings. The molecule has 0 amide bonds. The molecule has 180 valence electrons. The Morgan fingerprint density at radius 2 is 1.94 bits per heavy atom. The Hall–Kier alpha value is -1.51. The highest BCUT2D eigenvalue weighted by atomic mass is 16.5. The van der Waals surface area contributed by atoms with Gasteiger partial charge >= 0.3 is 0 Å². The maximum atomic E-state index is 11.4. The lowest BCUT2D eigenvalue weighted by atomic mass is 9.85. The van der Waals surface area contributed by atoms with Gasteiger partial charge < -0.3 is 10.0 Å². The summed E-state index contributed by atoms with van der Waals surface area (Å²) in [6.45, 7) is 10.2. The number of hydrogen-bond acceptors (Lipinski definition) is 7. The van der Waals surface area contributed by atoms with Gasteiger partial charge in [-0.25, -0.2) is 10.4 Å². The third-order valence-corrected chi connectivity index (χ3v) is 9.20. The molecule has 33 heavy (non-hydrogen) atoms. The molecule has 3 saturated carbocycles. The van der Waals surface area contributed by atoms with Crippen molar-refractivity contribution < 1.29 is 10.3 Å². The first-order chi connectivity index (χ1) is 15.6. The zero-order chi connectivity index (χ0) is 23.2. The van der Waals surface area contributed by atoms with Gasteiger partial charge in [0.05, 0.1) is 5.54 Å². The third kappa shape index (κ3) is 3.55. The molecule has 3 N–H and O–H groups in total. The van der Waals surface area contributed by atoms with Crippen LogP contribution in [-0.4, -0.2) is 76.1 Å². The Morgan fingerprint density at radius 3 is 2.58 bits per heavy atom. The largest absolute Gasteiger partial charge is 0.377 e. The van der Waals surface area contributed by atoms with Crippen LogP contribution in [0.3, 0.4) is 0 Å². The van der Waals surface area contributed by atoms with Gasteiger partial charge in [-0.2, -0.15) is 0 Å². The van der Waals surface area contributed by atoms with Crippen LogP contribution in [0.4, 0.5) is 0 Å². The van der Waals surface area contributed by atoms with Crippen LogP contribution in [0.1, 0.15) is 46.5 Å². The third-order valence-electron chi connectivity index (χ3n) is 9.20. The van der Waals surface area contributed by atoms with Crippen molar-refractivity contribution in [1.82, 2.24) is 20.4 Å². The van der Waals surface area contributed by atoms with E-state index in [1.165, 1.54) is 25.1 Å². The summed E-state index contributed by atoms with van der Waals surface area (Å²) in [7, 11) is 1.59. The number of aliphatic imine (C=N–C) groups is 1. The number of aliphatic hydroxyl groups is 1. The first-order valence-corrected chi connectivity index (χ1v) is 12.7. The van der Waals surface area contributed by atoms with E-state index in [-0.39, 0.29) is 16.4 Å². The molecule has 0 aromatic heterocycles. The molecule has 0 bridgehead atoms. The molecule has 0 spiro atoms. The predicted octanol–water partition coefficient (Wildman–Crippen LogP) is 2.76. The molecule has 4 aliphatic carbocycles. The summed E-state index contributed by atoms with van der Waals surface area (Å²) in [5.41, 5.74) is 5.57. The van der Waals surface area contributed by atoms with Crippen LogP contribution in [-0.2, 0) is 0 Å². The van der Waals surface area contributed by atoms with Crippen LogP contribution in [0.5, 0.6) is 0 Å². The van der Waals surface area contributed by atoms with Gasteiger partial charge in [-0.15, -0.1) is 5.17 Å². The zero-order valence-electron chi connectivity index (χ0n) is 20.5. The van der Waals surface area contributed by atoms with Gasteiger partial charge in [0.2, 0.25) is 0 Å². The van der Waals surface area contributed by atoms with E-state index in [1.54, 1.807) is 12.6 Å². The SMILES string of the molecule is CN(O)NC(C)(C)C1=CC2CC2(C(O)N2CCN(C3=NC=C(C4CC4)C4CC34C)CC2)C=C1. The molecule has 0 radical (unpaired) electrons. The number of nitrogens with zero attached hydrogens (tertiary/aromatic N) is 4. The smallest absolute Gasteiger partial charge is 0.117 e. The fourth-order valence-corrected chi connectivity index (χ4v) is 6.75. The number of piperazine rings is 1. The van der Waals surface area contributed by atoms with Crippen LogP contribution >= 0.6 is 0 Å². The number of hydrazine groups is 1. The van der Waals surface area contributed by atoms with E-state index in [4.69, 9.17) is 4.99 Å². The molecular formula is C26H39N5O2. The highest BCUT2D eigenvalue weighted by Gasteiger charge is 2.61. The quantitative estimate of drug-likeness (QED) is 0.537. The van der Waals surface area contributed by atoms with Crippen molar-refractivity contribution in [2.75, 3.05) is 33.2 Å². The number of hydrogen-bond donors (Lipinski definition) is 3. The maximum Gasteiger partial charge on any atom is 0.117 e. The number of nitrogens with one attached hydrogen (secondary N) is 1. The highest BCUT2D eigenvalue weighted by molar-refractivity contribution is 5.93. The van der Waals surface area contributed by atoms with Crippen molar-refractivity contribution in [2.45, 2.75) is 58.2 Å². The van der Waals surface area contributed by atoms with Crippen LogP contribution in [0.15, 0.2) is 40.6 Å². The van der Waals surface area contributed by atoms with E-state index in [2.05, 4.69) is 60.4 Å². The van der Waals surface area contributed by atoms with Crippen LogP contribution < -0.4 is 5.43 Å². The second kappa shape index (κ2) is 7.25. The summed E-state index contributed by atoms with van der Waals surface area (Å²) in [6, 6.07) is 0. The van der Waals surface area contributed by atoms with Gasteiger partial charge in [-0.05, 0) is 68.4 Å². The average Bonchev–Trinajstić information content (AvgIpc) is 3.64. The Kier molecular flexibility index (Phi) is 4.83. The van der Waals surface area contributed by atoms with Crippen LogP contribution in [0.2, 0.25) is 0 Å². The lowest BCUT2D eigenvalue weighted by Crippen LogP contribution is -2.55. The number of fused-ring (bicyclic) bond motifs is 2. The van der Waals surface area contributed by atoms with Crippen molar-refractivity contribution in [3.63, 3.8) is 0 Å². The fourth-order valence-electron chi connectivity index (χ4n) is 6.75. The molecule has 7 nitrogen and oxygen atoms in total. The standard InChI is InChI=1S/C26H39N5O2/c1-24(2,28-29(4)33)18-7-8-26(14-19(26)13-18)23(32)31-11-9-30(10-12-31)22-25(3)15-21(25)20(16-27-22)17-5-6-17/h7-8,13,16-17,19,21,23,28,32-33H,5-6,9-12,14-15H2,1-4H3. The van der Waals surface area contributed by atoms with Gasteiger partial charge in [-0.3, -0.25) is 10.1 Å². The summed E-state index contributed by atoms with van der Waals surface area (Å²) in [4.78, 5) is 9.73. The minimum Gasteiger partial charge on any atom is -0.377 e. The zero-order valence-corrected chi connectivity index (χ0v) is 20.5. The molecule has 2 aliphatic heterocycles. The normalized spacial score (nSPS) is 38.9. The summed E-state index contributed by atoms with van der Waals surface area (Å²) in [5, 5.41) is 22.0.